The summed E-state index contributed by atoms with van der Waals surface area (Å²) in [7, 11) is 0. The van der Waals surface area contributed by atoms with Crippen molar-refractivity contribution in [3.8, 4) is 0 Å². The topological polar surface area (TPSA) is 46.5 Å². The SMILES string of the molecule is C=C(Cc1ccco1)C(O)C(=C)Cc1ccco1. The van der Waals surface area contributed by atoms with Gasteiger partial charge in [0.25, 0.3) is 0 Å². The van der Waals surface area contributed by atoms with Crippen LogP contribution in [0, 0.1) is 0 Å². The maximum atomic E-state index is 10.1. The van der Waals surface area contributed by atoms with Crippen LogP contribution >= 0.6 is 0 Å². The summed E-state index contributed by atoms with van der Waals surface area (Å²) in [5, 5.41) is 10.1. The maximum Gasteiger partial charge on any atom is 0.107 e. The molecule has 0 unspecified atom stereocenters. The van der Waals surface area contributed by atoms with Crippen LogP contribution in [0.5, 0.6) is 0 Å². The summed E-state index contributed by atoms with van der Waals surface area (Å²) in [5.74, 6) is 1.56. The summed E-state index contributed by atoms with van der Waals surface area (Å²) in [6.07, 6.45) is 3.47. The molecule has 94 valence electrons. The number of aliphatic hydroxyl groups excluding tert-OH is 1. The van der Waals surface area contributed by atoms with Crippen molar-refractivity contribution in [1.82, 2.24) is 0 Å². The predicted octanol–water partition coefficient (Wildman–Crippen LogP) is 3.13. The van der Waals surface area contributed by atoms with E-state index in [0.29, 0.717) is 24.0 Å². The first-order chi connectivity index (χ1) is 8.66. The number of aliphatic hydroxyl groups is 1. The third kappa shape index (κ3) is 3.02. The van der Waals surface area contributed by atoms with Crippen molar-refractivity contribution >= 4 is 0 Å². The summed E-state index contributed by atoms with van der Waals surface area (Å²) in [6, 6.07) is 7.33. The lowest BCUT2D eigenvalue weighted by Gasteiger charge is -2.15. The summed E-state index contributed by atoms with van der Waals surface area (Å²) >= 11 is 0. The van der Waals surface area contributed by atoms with Gasteiger partial charge in [0.05, 0.1) is 18.6 Å². The highest BCUT2D eigenvalue weighted by molar-refractivity contribution is 5.25. The van der Waals surface area contributed by atoms with Gasteiger partial charge < -0.3 is 13.9 Å². The number of hydrogen-bond donors (Lipinski definition) is 1. The zero-order chi connectivity index (χ0) is 13.0. The lowest BCUT2D eigenvalue weighted by Crippen LogP contribution is -2.15. The molecule has 0 saturated carbocycles. The third-order valence-corrected chi connectivity index (χ3v) is 2.74. The second-order valence-corrected chi connectivity index (χ2v) is 4.23. The van der Waals surface area contributed by atoms with Crippen LogP contribution < -0.4 is 0 Å². The molecule has 2 aromatic heterocycles. The molecule has 0 aliphatic heterocycles. The van der Waals surface area contributed by atoms with Crippen LogP contribution in [-0.4, -0.2) is 11.2 Å². The van der Waals surface area contributed by atoms with E-state index in [0.717, 1.165) is 11.5 Å². The van der Waals surface area contributed by atoms with Crippen LogP contribution in [0.4, 0.5) is 0 Å². The largest absolute Gasteiger partial charge is 0.469 e. The molecule has 0 fully saturated rings. The molecule has 3 heteroatoms. The van der Waals surface area contributed by atoms with Crippen molar-refractivity contribution in [2.45, 2.75) is 18.9 Å². The Balaban J connectivity index is 1.92. The van der Waals surface area contributed by atoms with Crippen LogP contribution in [0.3, 0.4) is 0 Å². The van der Waals surface area contributed by atoms with Gasteiger partial charge in [0, 0.05) is 12.8 Å². The van der Waals surface area contributed by atoms with Gasteiger partial charge in [-0.15, -0.1) is 0 Å². The minimum absolute atomic E-state index is 0.505. The normalized spacial score (nSPS) is 10.8. The zero-order valence-corrected chi connectivity index (χ0v) is 10.1. The molecule has 0 aromatic carbocycles. The van der Waals surface area contributed by atoms with Crippen LogP contribution in [0.15, 0.2) is 69.9 Å². The lowest BCUT2D eigenvalue weighted by atomic mass is 9.98. The number of furan rings is 2. The minimum atomic E-state index is -0.750. The van der Waals surface area contributed by atoms with Crippen molar-refractivity contribution < 1.29 is 13.9 Å². The number of rotatable bonds is 6. The molecule has 3 nitrogen and oxygen atoms in total. The first-order valence-electron chi connectivity index (χ1n) is 5.75. The molecule has 2 aromatic rings. The monoisotopic (exact) mass is 244 g/mol. The number of hydrogen-bond acceptors (Lipinski definition) is 3. The molecule has 0 aliphatic rings. The van der Waals surface area contributed by atoms with Crippen LogP contribution in [0.2, 0.25) is 0 Å². The van der Waals surface area contributed by atoms with Gasteiger partial charge in [0.15, 0.2) is 0 Å². The molecule has 0 spiro atoms. The molecule has 0 aliphatic carbocycles. The highest BCUT2D eigenvalue weighted by Gasteiger charge is 2.15. The van der Waals surface area contributed by atoms with Crippen molar-refractivity contribution in [2.24, 2.45) is 0 Å². The van der Waals surface area contributed by atoms with Gasteiger partial charge in [-0.1, -0.05) is 13.2 Å². The second-order valence-electron chi connectivity index (χ2n) is 4.23. The Kier molecular flexibility index (Phi) is 3.85. The molecular weight excluding hydrogens is 228 g/mol. The second kappa shape index (κ2) is 5.56. The van der Waals surface area contributed by atoms with Gasteiger partial charge in [-0.3, -0.25) is 0 Å². The van der Waals surface area contributed by atoms with E-state index >= 15 is 0 Å². The summed E-state index contributed by atoms with van der Waals surface area (Å²) in [4.78, 5) is 0. The highest BCUT2D eigenvalue weighted by atomic mass is 16.3. The molecular formula is C15H16O3. The Morgan fingerprint density at radius 1 is 1.00 bits per heavy atom. The van der Waals surface area contributed by atoms with Crippen LogP contribution in [0.25, 0.3) is 0 Å². The Morgan fingerprint density at radius 3 is 1.78 bits per heavy atom. The van der Waals surface area contributed by atoms with Crippen LogP contribution in [0.1, 0.15) is 11.5 Å². The van der Waals surface area contributed by atoms with Gasteiger partial charge in [0.1, 0.15) is 11.5 Å². The van der Waals surface area contributed by atoms with E-state index in [-0.39, 0.29) is 0 Å². The Hall–Kier alpha value is -2.00. The van der Waals surface area contributed by atoms with E-state index in [4.69, 9.17) is 8.83 Å². The van der Waals surface area contributed by atoms with Gasteiger partial charge in [-0.25, -0.2) is 0 Å². The maximum absolute atomic E-state index is 10.1. The Bertz CT molecular complexity index is 458. The molecule has 1 N–H and O–H groups in total. The molecule has 2 rings (SSSR count). The smallest absolute Gasteiger partial charge is 0.107 e. The minimum Gasteiger partial charge on any atom is -0.469 e. The quantitative estimate of drug-likeness (QED) is 0.794. The van der Waals surface area contributed by atoms with E-state index in [9.17, 15) is 5.11 Å². The van der Waals surface area contributed by atoms with E-state index in [1.807, 2.05) is 24.3 Å². The molecule has 2 heterocycles. The highest BCUT2D eigenvalue weighted by Crippen LogP contribution is 2.18. The van der Waals surface area contributed by atoms with E-state index < -0.39 is 6.10 Å². The van der Waals surface area contributed by atoms with Crippen molar-refractivity contribution in [3.63, 3.8) is 0 Å². The fourth-order valence-corrected chi connectivity index (χ4v) is 1.76. The predicted molar refractivity (Wildman–Crippen MR) is 69.1 cm³/mol. The van der Waals surface area contributed by atoms with Gasteiger partial charge >= 0.3 is 0 Å². The fraction of sp³-hybridized carbons (Fsp3) is 0.200. The Labute approximate surface area is 106 Å². The van der Waals surface area contributed by atoms with Gasteiger partial charge in [-0.2, -0.15) is 0 Å². The summed E-state index contributed by atoms with van der Waals surface area (Å²) < 4.78 is 10.4. The average Bonchev–Trinajstić information content (AvgIpc) is 3.01. The van der Waals surface area contributed by atoms with Gasteiger partial charge in [0.2, 0.25) is 0 Å². The Morgan fingerprint density at radius 2 is 1.44 bits per heavy atom. The third-order valence-electron chi connectivity index (χ3n) is 2.74. The summed E-state index contributed by atoms with van der Waals surface area (Å²) in [6.45, 7) is 7.76. The molecule has 0 amide bonds. The first-order valence-corrected chi connectivity index (χ1v) is 5.75. The first kappa shape index (κ1) is 12.5. The van der Waals surface area contributed by atoms with E-state index in [1.54, 1.807) is 12.5 Å². The molecule has 18 heavy (non-hydrogen) atoms. The van der Waals surface area contributed by atoms with E-state index in [1.165, 1.54) is 0 Å². The summed E-state index contributed by atoms with van der Waals surface area (Å²) in [5.41, 5.74) is 1.34. The van der Waals surface area contributed by atoms with Crippen molar-refractivity contribution in [3.05, 3.63) is 72.6 Å². The lowest BCUT2D eigenvalue weighted by molar-refractivity contribution is 0.239. The standard InChI is InChI=1S/C15H16O3/c1-11(9-13-5-3-7-17-13)15(16)12(2)10-14-6-4-8-18-14/h3-8,15-16H,1-2,9-10H2. The molecule has 0 radical (unpaired) electrons. The fourth-order valence-electron chi connectivity index (χ4n) is 1.76. The van der Waals surface area contributed by atoms with Gasteiger partial charge in [-0.05, 0) is 35.4 Å². The molecule has 0 bridgehead atoms. The molecule has 0 atom stereocenters. The molecule has 0 saturated heterocycles. The van der Waals surface area contributed by atoms with Crippen molar-refractivity contribution in [1.29, 1.82) is 0 Å². The van der Waals surface area contributed by atoms with Crippen LogP contribution in [-0.2, 0) is 12.8 Å². The zero-order valence-electron chi connectivity index (χ0n) is 10.1. The average molecular weight is 244 g/mol. The van der Waals surface area contributed by atoms with Crippen molar-refractivity contribution in [2.75, 3.05) is 0 Å². The van der Waals surface area contributed by atoms with E-state index in [2.05, 4.69) is 13.2 Å².